The van der Waals surface area contributed by atoms with E-state index < -0.39 is 10.0 Å². The summed E-state index contributed by atoms with van der Waals surface area (Å²) in [7, 11) is -3.55. The Morgan fingerprint density at radius 2 is 1.76 bits per heavy atom. The van der Waals surface area contributed by atoms with Gasteiger partial charge in [0.05, 0.1) is 4.90 Å². The quantitative estimate of drug-likeness (QED) is 0.486. The van der Waals surface area contributed by atoms with E-state index in [1.807, 2.05) is 12.1 Å². The van der Waals surface area contributed by atoms with Crippen LogP contribution in [0.15, 0.2) is 47.4 Å². The zero-order chi connectivity index (χ0) is 20.7. The van der Waals surface area contributed by atoms with Gasteiger partial charge in [-0.15, -0.1) is 15.3 Å². The van der Waals surface area contributed by atoms with Gasteiger partial charge in [-0.1, -0.05) is 32.0 Å². The molecule has 0 fully saturated rings. The van der Waals surface area contributed by atoms with Gasteiger partial charge in [-0.3, -0.25) is 0 Å². The van der Waals surface area contributed by atoms with Crippen LogP contribution in [0.3, 0.4) is 0 Å². The number of hydrogen-bond acceptors (Lipinski definition) is 7. The van der Waals surface area contributed by atoms with Crippen LogP contribution in [0.25, 0.3) is 5.65 Å². The van der Waals surface area contributed by atoms with Crippen LogP contribution >= 0.6 is 0 Å². The molecular formula is C19H27N7O2S. The summed E-state index contributed by atoms with van der Waals surface area (Å²) in [5, 5.41) is 16.1. The molecule has 0 saturated carbocycles. The maximum atomic E-state index is 12.3. The maximum Gasteiger partial charge on any atom is 0.240 e. The first-order valence-electron chi connectivity index (χ1n) is 9.75. The van der Waals surface area contributed by atoms with Crippen molar-refractivity contribution in [1.82, 2.24) is 29.4 Å². The van der Waals surface area contributed by atoms with Crippen molar-refractivity contribution in [3.63, 3.8) is 0 Å². The molecule has 0 saturated heterocycles. The van der Waals surface area contributed by atoms with E-state index in [0.29, 0.717) is 17.9 Å². The van der Waals surface area contributed by atoms with E-state index in [1.54, 1.807) is 34.8 Å². The van der Waals surface area contributed by atoms with Crippen molar-refractivity contribution in [2.45, 2.75) is 25.2 Å². The predicted octanol–water partition coefficient (Wildman–Crippen LogP) is 1.40. The highest BCUT2D eigenvalue weighted by Crippen LogP contribution is 2.09. The van der Waals surface area contributed by atoms with Crippen molar-refractivity contribution in [1.29, 1.82) is 0 Å². The van der Waals surface area contributed by atoms with Crippen LogP contribution in [0, 0.1) is 0 Å². The van der Waals surface area contributed by atoms with E-state index in [4.69, 9.17) is 0 Å². The van der Waals surface area contributed by atoms with Gasteiger partial charge in [0.2, 0.25) is 10.0 Å². The molecule has 2 heterocycles. The van der Waals surface area contributed by atoms with Crippen molar-refractivity contribution >= 4 is 21.5 Å². The third kappa shape index (κ3) is 5.49. The zero-order valence-corrected chi connectivity index (χ0v) is 17.6. The molecule has 0 bridgehead atoms. The predicted molar refractivity (Wildman–Crippen MR) is 112 cm³/mol. The van der Waals surface area contributed by atoms with Crippen molar-refractivity contribution in [2.24, 2.45) is 0 Å². The molecule has 1 aromatic carbocycles. The molecule has 156 valence electrons. The van der Waals surface area contributed by atoms with Crippen LogP contribution in [0.5, 0.6) is 0 Å². The Bertz CT molecular complexity index is 1020. The molecule has 2 N–H and O–H groups in total. The monoisotopic (exact) mass is 417 g/mol. The van der Waals surface area contributed by atoms with Gasteiger partial charge in [-0.25, -0.2) is 13.1 Å². The molecule has 0 atom stereocenters. The van der Waals surface area contributed by atoms with Gasteiger partial charge in [0.25, 0.3) is 0 Å². The van der Waals surface area contributed by atoms with Crippen LogP contribution in [0.1, 0.15) is 19.7 Å². The van der Waals surface area contributed by atoms with Gasteiger partial charge < -0.3 is 10.2 Å². The molecule has 0 aliphatic rings. The Morgan fingerprint density at radius 1 is 1.00 bits per heavy atom. The zero-order valence-electron chi connectivity index (χ0n) is 16.7. The van der Waals surface area contributed by atoms with Crippen LogP contribution in [-0.2, 0) is 16.4 Å². The summed E-state index contributed by atoms with van der Waals surface area (Å²) in [5.74, 6) is 1.33. The van der Waals surface area contributed by atoms with Crippen molar-refractivity contribution in [3.05, 3.63) is 48.3 Å². The number of rotatable bonds is 11. The van der Waals surface area contributed by atoms with Gasteiger partial charge in [0, 0.05) is 26.1 Å². The molecule has 29 heavy (non-hydrogen) atoms. The fourth-order valence-electron chi connectivity index (χ4n) is 2.95. The highest BCUT2D eigenvalue weighted by Gasteiger charge is 2.14. The van der Waals surface area contributed by atoms with Crippen LogP contribution < -0.4 is 10.0 Å². The molecular weight excluding hydrogens is 390 g/mol. The standard InChI is InChI=1S/C19H27N7O2S/c1-3-25(4-2)15-14-20-17-10-11-18-22-23-19(26(18)24-17)12-13-21-29(27,28)16-8-6-5-7-9-16/h5-11,21H,3-4,12-15H2,1-2H3,(H,20,24). The lowest BCUT2D eigenvalue weighted by Crippen LogP contribution is -2.29. The fourth-order valence-corrected chi connectivity index (χ4v) is 4.00. The SMILES string of the molecule is CCN(CC)CCNc1ccc2nnc(CCNS(=O)(=O)c3ccccc3)n2n1. The summed E-state index contributed by atoms with van der Waals surface area (Å²) in [6, 6.07) is 12.0. The van der Waals surface area contributed by atoms with E-state index in [2.05, 4.69) is 44.1 Å². The lowest BCUT2D eigenvalue weighted by molar-refractivity contribution is 0.316. The molecule has 3 aromatic rings. The largest absolute Gasteiger partial charge is 0.367 e. The molecule has 0 radical (unpaired) electrons. The molecule has 2 aromatic heterocycles. The minimum Gasteiger partial charge on any atom is -0.367 e. The minimum absolute atomic E-state index is 0.208. The van der Waals surface area contributed by atoms with E-state index in [1.165, 1.54) is 0 Å². The van der Waals surface area contributed by atoms with Crippen molar-refractivity contribution in [3.8, 4) is 0 Å². The van der Waals surface area contributed by atoms with Gasteiger partial charge in [0.1, 0.15) is 5.82 Å². The first-order valence-corrected chi connectivity index (χ1v) is 11.2. The molecule has 0 unspecified atom stereocenters. The van der Waals surface area contributed by atoms with Crippen molar-refractivity contribution < 1.29 is 8.42 Å². The molecule has 0 spiro atoms. The average Bonchev–Trinajstić information content (AvgIpc) is 3.14. The Labute approximate surface area is 171 Å². The summed E-state index contributed by atoms with van der Waals surface area (Å²) in [6.45, 7) is 8.24. The fraction of sp³-hybridized carbons (Fsp3) is 0.421. The van der Waals surface area contributed by atoms with E-state index in [-0.39, 0.29) is 11.4 Å². The number of nitrogens with one attached hydrogen (secondary N) is 2. The second-order valence-electron chi connectivity index (χ2n) is 6.52. The smallest absolute Gasteiger partial charge is 0.240 e. The van der Waals surface area contributed by atoms with Gasteiger partial charge in [-0.05, 0) is 37.4 Å². The summed E-state index contributed by atoms with van der Waals surface area (Å²) < 4.78 is 28.9. The minimum atomic E-state index is -3.55. The molecule has 0 aliphatic heterocycles. The van der Waals surface area contributed by atoms with Gasteiger partial charge in [-0.2, -0.15) is 4.52 Å². The topological polar surface area (TPSA) is 105 Å². The average molecular weight is 418 g/mol. The lowest BCUT2D eigenvalue weighted by Gasteiger charge is -2.18. The van der Waals surface area contributed by atoms with Crippen molar-refractivity contribution in [2.75, 3.05) is 38.0 Å². The Kier molecular flexibility index (Phi) is 7.13. The summed E-state index contributed by atoms with van der Waals surface area (Å²) >= 11 is 0. The first kappa shape index (κ1) is 21.2. The molecule has 10 heteroatoms. The number of sulfonamides is 1. The highest BCUT2D eigenvalue weighted by molar-refractivity contribution is 7.89. The number of hydrogen-bond donors (Lipinski definition) is 2. The number of anilines is 1. The maximum absolute atomic E-state index is 12.3. The van der Waals surface area contributed by atoms with Gasteiger partial charge >= 0.3 is 0 Å². The number of benzene rings is 1. The summed E-state index contributed by atoms with van der Waals surface area (Å²) in [4.78, 5) is 2.57. The normalized spacial score (nSPS) is 12.0. The second-order valence-corrected chi connectivity index (χ2v) is 8.29. The lowest BCUT2D eigenvalue weighted by atomic mass is 10.4. The summed E-state index contributed by atoms with van der Waals surface area (Å²) in [5.41, 5.74) is 0.625. The van der Waals surface area contributed by atoms with E-state index in [9.17, 15) is 8.42 Å². The Balaban J connectivity index is 1.61. The molecule has 0 aliphatic carbocycles. The van der Waals surface area contributed by atoms with Gasteiger partial charge in [0.15, 0.2) is 11.5 Å². The molecule has 3 rings (SSSR count). The number of aromatic nitrogens is 4. The van der Waals surface area contributed by atoms with Crippen LogP contribution in [-0.4, -0.2) is 65.9 Å². The van der Waals surface area contributed by atoms with Crippen LogP contribution in [0.2, 0.25) is 0 Å². The Morgan fingerprint density at radius 3 is 2.48 bits per heavy atom. The van der Waals surface area contributed by atoms with E-state index in [0.717, 1.165) is 32.0 Å². The molecule has 0 amide bonds. The Hall–Kier alpha value is -2.56. The number of nitrogens with zero attached hydrogens (tertiary/aromatic N) is 5. The first-order chi connectivity index (χ1) is 14.0. The van der Waals surface area contributed by atoms with E-state index >= 15 is 0 Å². The number of likely N-dealkylation sites (N-methyl/N-ethyl adjacent to an activating group) is 1. The number of fused-ring (bicyclic) bond motifs is 1. The van der Waals surface area contributed by atoms with Crippen LogP contribution in [0.4, 0.5) is 5.82 Å². The third-order valence-corrected chi connectivity index (χ3v) is 6.13. The molecule has 9 nitrogen and oxygen atoms in total. The second kappa shape index (κ2) is 9.77. The highest BCUT2D eigenvalue weighted by atomic mass is 32.2. The summed E-state index contributed by atoms with van der Waals surface area (Å²) in [6.07, 6.45) is 0.378. The third-order valence-electron chi connectivity index (χ3n) is 4.65.